The Hall–Kier alpha value is -0.890. The maximum atomic E-state index is 13.1. The van der Waals surface area contributed by atoms with E-state index in [0.717, 1.165) is 25.1 Å². The summed E-state index contributed by atoms with van der Waals surface area (Å²) in [6, 6.07) is 5.42. The van der Waals surface area contributed by atoms with E-state index >= 15 is 0 Å². The normalized spacial score (nSPS) is 12.8. The van der Waals surface area contributed by atoms with Crippen LogP contribution in [0.4, 0.5) is 4.39 Å². The molecule has 1 aromatic rings. The molecule has 1 N–H and O–H groups in total. The van der Waals surface area contributed by atoms with E-state index in [1.165, 1.54) is 12.0 Å². The number of halogens is 1. The standard InChI is InChI=1S/C14H22FN/c1-4-8-16-9-7-11(2)13-5-6-14(15)12(3)10-13/h5-6,10-11,16H,4,7-9H2,1-3H3. The fourth-order valence-electron chi connectivity index (χ4n) is 1.76. The van der Waals surface area contributed by atoms with Crippen LogP contribution in [0.25, 0.3) is 0 Å². The maximum Gasteiger partial charge on any atom is 0.126 e. The molecule has 0 fully saturated rings. The molecule has 0 aromatic heterocycles. The summed E-state index contributed by atoms with van der Waals surface area (Å²) in [5.74, 6) is 0.378. The Labute approximate surface area is 98.1 Å². The first-order chi connectivity index (χ1) is 7.65. The van der Waals surface area contributed by atoms with E-state index in [9.17, 15) is 4.39 Å². The Morgan fingerprint density at radius 3 is 2.69 bits per heavy atom. The zero-order chi connectivity index (χ0) is 12.0. The van der Waals surface area contributed by atoms with Gasteiger partial charge in [-0.05, 0) is 56.0 Å². The van der Waals surface area contributed by atoms with Crippen molar-refractivity contribution >= 4 is 0 Å². The molecule has 1 atom stereocenters. The molecule has 1 unspecified atom stereocenters. The smallest absolute Gasteiger partial charge is 0.126 e. The minimum Gasteiger partial charge on any atom is -0.317 e. The molecular weight excluding hydrogens is 201 g/mol. The first kappa shape index (κ1) is 13.2. The lowest BCUT2D eigenvalue weighted by molar-refractivity contribution is 0.586. The summed E-state index contributed by atoms with van der Waals surface area (Å²) in [7, 11) is 0. The monoisotopic (exact) mass is 223 g/mol. The van der Waals surface area contributed by atoms with Crippen molar-refractivity contribution in [3.05, 3.63) is 35.1 Å². The van der Waals surface area contributed by atoms with Crippen LogP contribution in [0.15, 0.2) is 18.2 Å². The van der Waals surface area contributed by atoms with Crippen molar-refractivity contribution in [2.75, 3.05) is 13.1 Å². The van der Waals surface area contributed by atoms with Crippen molar-refractivity contribution in [1.29, 1.82) is 0 Å². The lowest BCUT2D eigenvalue weighted by Crippen LogP contribution is -2.17. The minimum atomic E-state index is -0.111. The predicted octanol–water partition coefficient (Wildman–Crippen LogP) is 3.63. The Bertz CT molecular complexity index is 323. The molecule has 0 amide bonds. The highest BCUT2D eigenvalue weighted by atomic mass is 19.1. The second kappa shape index (κ2) is 6.64. The molecule has 90 valence electrons. The van der Waals surface area contributed by atoms with Crippen LogP contribution in [0.3, 0.4) is 0 Å². The average Bonchev–Trinajstić information content (AvgIpc) is 2.28. The third-order valence-corrected chi connectivity index (χ3v) is 2.93. The van der Waals surface area contributed by atoms with Gasteiger partial charge in [-0.3, -0.25) is 0 Å². The second-order valence-electron chi connectivity index (χ2n) is 4.45. The Kier molecular flexibility index (Phi) is 5.47. The Morgan fingerprint density at radius 2 is 2.06 bits per heavy atom. The number of hydrogen-bond acceptors (Lipinski definition) is 1. The van der Waals surface area contributed by atoms with E-state index in [0.29, 0.717) is 5.92 Å². The molecule has 0 aliphatic heterocycles. The summed E-state index contributed by atoms with van der Waals surface area (Å²) in [6.07, 6.45) is 2.27. The maximum absolute atomic E-state index is 13.1. The van der Waals surface area contributed by atoms with E-state index in [1.807, 2.05) is 19.1 Å². The van der Waals surface area contributed by atoms with Crippen molar-refractivity contribution < 1.29 is 4.39 Å². The minimum absolute atomic E-state index is 0.111. The van der Waals surface area contributed by atoms with Gasteiger partial charge in [0.25, 0.3) is 0 Å². The average molecular weight is 223 g/mol. The van der Waals surface area contributed by atoms with Gasteiger partial charge in [-0.25, -0.2) is 4.39 Å². The van der Waals surface area contributed by atoms with Gasteiger partial charge in [0.1, 0.15) is 5.82 Å². The molecule has 0 saturated heterocycles. The van der Waals surface area contributed by atoms with Crippen LogP contribution >= 0.6 is 0 Å². The SMILES string of the molecule is CCCNCCC(C)c1ccc(F)c(C)c1. The van der Waals surface area contributed by atoms with Gasteiger partial charge < -0.3 is 5.32 Å². The third kappa shape index (κ3) is 3.93. The summed E-state index contributed by atoms with van der Waals surface area (Å²) in [6.45, 7) is 8.29. The fourth-order valence-corrected chi connectivity index (χ4v) is 1.76. The number of aryl methyl sites for hydroxylation is 1. The molecule has 0 heterocycles. The second-order valence-corrected chi connectivity index (χ2v) is 4.45. The number of hydrogen-bond donors (Lipinski definition) is 1. The van der Waals surface area contributed by atoms with Crippen molar-refractivity contribution in [3.63, 3.8) is 0 Å². The third-order valence-electron chi connectivity index (χ3n) is 2.93. The largest absolute Gasteiger partial charge is 0.317 e. The van der Waals surface area contributed by atoms with Gasteiger partial charge in [0.05, 0.1) is 0 Å². The molecular formula is C14H22FN. The van der Waals surface area contributed by atoms with Crippen LogP contribution in [-0.2, 0) is 0 Å². The molecule has 0 saturated carbocycles. The zero-order valence-corrected chi connectivity index (χ0v) is 10.5. The quantitative estimate of drug-likeness (QED) is 0.726. The highest BCUT2D eigenvalue weighted by molar-refractivity contribution is 5.26. The highest BCUT2D eigenvalue weighted by Gasteiger charge is 2.06. The fraction of sp³-hybridized carbons (Fsp3) is 0.571. The first-order valence-electron chi connectivity index (χ1n) is 6.12. The zero-order valence-electron chi connectivity index (χ0n) is 10.5. The molecule has 0 spiro atoms. The van der Waals surface area contributed by atoms with Crippen molar-refractivity contribution in [1.82, 2.24) is 5.32 Å². The number of benzene rings is 1. The van der Waals surface area contributed by atoms with Gasteiger partial charge >= 0.3 is 0 Å². The van der Waals surface area contributed by atoms with Gasteiger partial charge in [-0.15, -0.1) is 0 Å². The van der Waals surface area contributed by atoms with Crippen LogP contribution in [0.2, 0.25) is 0 Å². The molecule has 1 nitrogen and oxygen atoms in total. The summed E-state index contributed by atoms with van der Waals surface area (Å²) in [4.78, 5) is 0. The lowest BCUT2D eigenvalue weighted by atomic mass is 9.96. The van der Waals surface area contributed by atoms with Crippen LogP contribution in [0, 0.1) is 12.7 Å². The van der Waals surface area contributed by atoms with Crippen molar-refractivity contribution in [3.8, 4) is 0 Å². The molecule has 0 aliphatic carbocycles. The van der Waals surface area contributed by atoms with Crippen LogP contribution < -0.4 is 5.32 Å². The predicted molar refractivity (Wildman–Crippen MR) is 67.3 cm³/mol. The molecule has 0 radical (unpaired) electrons. The van der Waals surface area contributed by atoms with Gasteiger partial charge in [0.15, 0.2) is 0 Å². The van der Waals surface area contributed by atoms with E-state index in [-0.39, 0.29) is 5.82 Å². The van der Waals surface area contributed by atoms with Crippen LogP contribution in [0.1, 0.15) is 43.7 Å². The van der Waals surface area contributed by atoms with Gasteiger partial charge in [0, 0.05) is 0 Å². The lowest BCUT2D eigenvalue weighted by Gasteiger charge is -2.13. The summed E-state index contributed by atoms with van der Waals surface area (Å²) in [5.41, 5.74) is 1.98. The highest BCUT2D eigenvalue weighted by Crippen LogP contribution is 2.20. The number of rotatable bonds is 6. The molecule has 1 rings (SSSR count). The van der Waals surface area contributed by atoms with E-state index in [4.69, 9.17) is 0 Å². The van der Waals surface area contributed by atoms with E-state index in [2.05, 4.69) is 19.2 Å². The van der Waals surface area contributed by atoms with Gasteiger partial charge in [0.2, 0.25) is 0 Å². The van der Waals surface area contributed by atoms with Crippen LogP contribution in [-0.4, -0.2) is 13.1 Å². The van der Waals surface area contributed by atoms with Crippen LogP contribution in [0.5, 0.6) is 0 Å². The molecule has 16 heavy (non-hydrogen) atoms. The molecule has 1 aromatic carbocycles. The van der Waals surface area contributed by atoms with E-state index in [1.54, 1.807) is 6.07 Å². The summed E-state index contributed by atoms with van der Waals surface area (Å²) < 4.78 is 13.1. The van der Waals surface area contributed by atoms with Gasteiger partial charge in [-0.2, -0.15) is 0 Å². The molecule has 0 aliphatic rings. The summed E-state index contributed by atoms with van der Waals surface area (Å²) in [5, 5.41) is 3.39. The number of nitrogens with one attached hydrogen (secondary N) is 1. The Morgan fingerprint density at radius 1 is 1.31 bits per heavy atom. The van der Waals surface area contributed by atoms with Gasteiger partial charge in [-0.1, -0.05) is 26.0 Å². The topological polar surface area (TPSA) is 12.0 Å². The molecule has 0 bridgehead atoms. The van der Waals surface area contributed by atoms with Crippen molar-refractivity contribution in [2.45, 2.75) is 39.5 Å². The van der Waals surface area contributed by atoms with Crippen molar-refractivity contribution in [2.24, 2.45) is 0 Å². The van der Waals surface area contributed by atoms with E-state index < -0.39 is 0 Å². The Balaban J connectivity index is 2.46. The molecule has 2 heteroatoms. The summed E-state index contributed by atoms with van der Waals surface area (Å²) >= 11 is 0. The first-order valence-corrected chi connectivity index (χ1v) is 6.12.